The molecule has 0 spiro atoms. The van der Waals surface area contributed by atoms with Crippen molar-refractivity contribution in [2.24, 2.45) is 0 Å². The van der Waals surface area contributed by atoms with E-state index in [1.807, 2.05) is 18.2 Å². The molecule has 0 aromatic heterocycles. The molecule has 1 aromatic rings. The molecule has 0 unspecified atom stereocenters. The van der Waals surface area contributed by atoms with Crippen LogP contribution < -0.4 is 10.5 Å². The van der Waals surface area contributed by atoms with Crippen LogP contribution >= 0.6 is 11.8 Å². The molecule has 2 rings (SSSR count). The van der Waals surface area contributed by atoms with Gasteiger partial charge < -0.3 is 10.8 Å². The molecule has 4 N–H and O–H groups in total. The van der Waals surface area contributed by atoms with E-state index in [0.29, 0.717) is 24.3 Å². The Bertz CT molecular complexity index is 556. The van der Waals surface area contributed by atoms with Crippen LogP contribution in [0.2, 0.25) is 0 Å². The smallest absolute Gasteiger partial charge is 0.212 e. The van der Waals surface area contributed by atoms with Gasteiger partial charge in [-0.05, 0) is 37.5 Å². The fraction of sp³-hybridized carbons (Fsp3) is 0.538. The van der Waals surface area contributed by atoms with Gasteiger partial charge in [-0.1, -0.05) is 6.07 Å². The van der Waals surface area contributed by atoms with Gasteiger partial charge in [-0.15, -0.1) is 11.8 Å². The number of hydrogen-bond donors (Lipinski definition) is 3. The third kappa shape index (κ3) is 4.66. The molecular weight excluding hydrogens is 296 g/mol. The second kappa shape index (κ2) is 6.34. The van der Waals surface area contributed by atoms with Gasteiger partial charge in [-0.25, -0.2) is 13.1 Å². The summed E-state index contributed by atoms with van der Waals surface area (Å²) in [7, 11) is -3.33. The van der Waals surface area contributed by atoms with E-state index in [0.717, 1.165) is 11.3 Å². The largest absolute Gasteiger partial charge is 0.399 e. The average Bonchev–Trinajstić information content (AvgIpc) is 2.34. The first-order chi connectivity index (χ1) is 9.39. The van der Waals surface area contributed by atoms with Crippen molar-refractivity contribution >= 4 is 27.5 Å². The summed E-state index contributed by atoms with van der Waals surface area (Å²) < 4.78 is 26.1. The molecule has 1 aliphatic carbocycles. The summed E-state index contributed by atoms with van der Waals surface area (Å²) >= 11 is 1.45. The Morgan fingerprint density at radius 2 is 2.15 bits per heavy atom. The van der Waals surface area contributed by atoms with E-state index in [1.165, 1.54) is 11.8 Å². The van der Waals surface area contributed by atoms with Crippen LogP contribution in [0.25, 0.3) is 0 Å². The zero-order valence-corrected chi connectivity index (χ0v) is 12.8. The van der Waals surface area contributed by atoms with Crippen LogP contribution in [0.5, 0.6) is 0 Å². The Morgan fingerprint density at radius 3 is 2.75 bits per heavy atom. The maximum Gasteiger partial charge on any atom is 0.212 e. The van der Waals surface area contributed by atoms with Gasteiger partial charge in [0.25, 0.3) is 0 Å². The summed E-state index contributed by atoms with van der Waals surface area (Å²) in [4.78, 5) is 0.956. The predicted octanol–water partition coefficient (Wildman–Crippen LogP) is 1.20. The van der Waals surface area contributed by atoms with E-state index in [1.54, 1.807) is 6.07 Å². The molecular formula is C13H20N2O3S2. The number of sulfonamides is 1. The number of nitrogens with two attached hydrogens (primary N) is 1. The quantitative estimate of drug-likeness (QED) is 0.519. The van der Waals surface area contributed by atoms with Crippen LogP contribution in [0.1, 0.15) is 19.3 Å². The van der Waals surface area contributed by atoms with Gasteiger partial charge in [-0.2, -0.15) is 0 Å². The first-order valence-corrected chi connectivity index (χ1v) is 9.20. The number of anilines is 1. The van der Waals surface area contributed by atoms with Gasteiger partial charge in [0.05, 0.1) is 11.4 Å². The van der Waals surface area contributed by atoms with Gasteiger partial charge in [0.15, 0.2) is 0 Å². The number of rotatable bonds is 7. The molecule has 112 valence electrons. The third-order valence-electron chi connectivity index (χ3n) is 3.38. The Kier molecular flexibility index (Phi) is 4.95. The second-order valence-corrected chi connectivity index (χ2v) is 8.23. The fourth-order valence-corrected chi connectivity index (χ4v) is 4.43. The Balaban J connectivity index is 1.74. The van der Waals surface area contributed by atoms with E-state index in [9.17, 15) is 13.5 Å². The maximum atomic E-state index is 11.8. The lowest BCUT2D eigenvalue weighted by atomic mass is 9.81. The van der Waals surface area contributed by atoms with Crippen LogP contribution in [0, 0.1) is 0 Å². The molecule has 1 saturated carbocycles. The minimum Gasteiger partial charge on any atom is -0.399 e. The molecule has 0 atom stereocenters. The monoisotopic (exact) mass is 316 g/mol. The highest BCUT2D eigenvalue weighted by atomic mass is 32.2. The molecule has 5 nitrogen and oxygen atoms in total. The summed E-state index contributed by atoms with van der Waals surface area (Å²) in [6.07, 6.45) is 2.31. The van der Waals surface area contributed by atoms with Crippen molar-refractivity contribution in [2.45, 2.75) is 29.8 Å². The van der Waals surface area contributed by atoms with Crippen molar-refractivity contribution in [3.8, 4) is 0 Å². The van der Waals surface area contributed by atoms with Crippen LogP contribution in [0.3, 0.4) is 0 Å². The van der Waals surface area contributed by atoms with Crippen LogP contribution in [0.4, 0.5) is 5.69 Å². The van der Waals surface area contributed by atoms with Gasteiger partial charge >= 0.3 is 0 Å². The molecule has 0 heterocycles. The maximum absolute atomic E-state index is 11.8. The average molecular weight is 316 g/mol. The third-order valence-corrected chi connectivity index (χ3v) is 5.96. The Hall–Kier alpha value is -0.760. The highest BCUT2D eigenvalue weighted by molar-refractivity contribution is 8.00. The molecule has 0 radical (unpaired) electrons. The number of nitrogens with one attached hydrogen (secondary N) is 1. The fourth-order valence-electron chi connectivity index (χ4n) is 1.95. The highest BCUT2D eigenvalue weighted by Crippen LogP contribution is 2.30. The van der Waals surface area contributed by atoms with Gasteiger partial charge in [0.2, 0.25) is 10.0 Å². The highest BCUT2D eigenvalue weighted by Gasteiger charge is 2.35. The Morgan fingerprint density at radius 1 is 1.40 bits per heavy atom. The molecule has 0 amide bonds. The minimum atomic E-state index is -3.33. The SMILES string of the molecule is Nc1cccc(SCCS(=O)(=O)NCC2(O)CCC2)c1. The molecule has 1 aromatic carbocycles. The predicted molar refractivity (Wildman–Crippen MR) is 82.2 cm³/mol. The van der Waals surface area contributed by atoms with Gasteiger partial charge in [0, 0.05) is 22.9 Å². The lowest BCUT2D eigenvalue weighted by molar-refractivity contribution is -0.0270. The number of benzene rings is 1. The minimum absolute atomic E-state index is 0.0303. The summed E-state index contributed by atoms with van der Waals surface area (Å²) in [5, 5.41) is 9.86. The lowest BCUT2D eigenvalue weighted by Gasteiger charge is -2.36. The number of aliphatic hydroxyl groups is 1. The normalized spacial score (nSPS) is 17.6. The van der Waals surface area contributed by atoms with Crippen molar-refractivity contribution < 1.29 is 13.5 Å². The van der Waals surface area contributed by atoms with Crippen molar-refractivity contribution in [3.05, 3.63) is 24.3 Å². The van der Waals surface area contributed by atoms with Crippen LogP contribution in [-0.4, -0.2) is 37.2 Å². The van der Waals surface area contributed by atoms with Crippen molar-refractivity contribution in [2.75, 3.05) is 23.8 Å². The molecule has 0 aliphatic heterocycles. The van der Waals surface area contributed by atoms with Crippen LogP contribution in [-0.2, 0) is 10.0 Å². The van der Waals surface area contributed by atoms with Gasteiger partial charge in [-0.3, -0.25) is 0 Å². The lowest BCUT2D eigenvalue weighted by Crippen LogP contribution is -2.48. The van der Waals surface area contributed by atoms with E-state index in [4.69, 9.17) is 5.73 Å². The first kappa shape index (κ1) is 15.6. The molecule has 1 aliphatic rings. The number of nitrogen functional groups attached to an aromatic ring is 1. The van der Waals surface area contributed by atoms with E-state index >= 15 is 0 Å². The van der Waals surface area contributed by atoms with Gasteiger partial charge in [0.1, 0.15) is 0 Å². The summed E-state index contributed by atoms with van der Waals surface area (Å²) in [5.74, 6) is 0.486. The first-order valence-electron chi connectivity index (χ1n) is 6.57. The summed E-state index contributed by atoms with van der Waals surface area (Å²) in [6.45, 7) is 0.123. The zero-order chi connectivity index (χ0) is 14.6. The van der Waals surface area contributed by atoms with E-state index < -0.39 is 15.6 Å². The van der Waals surface area contributed by atoms with E-state index in [2.05, 4.69) is 4.72 Å². The Labute approximate surface area is 124 Å². The molecule has 7 heteroatoms. The van der Waals surface area contributed by atoms with Crippen molar-refractivity contribution in [1.29, 1.82) is 0 Å². The second-order valence-electron chi connectivity index (χ2n) is 5.14. The standard InChI is InChI=1S/C13H20N2O3S2/c14-11-3-1-4-12(9-11)19-7-8-20(17,18)15-10-13(16)5-2-6-13/h1,3-4,9,15-16H,2,5-8,10,14H2. The van der Waals surface area contributed by atoms with Crippen molar-refractivity contribution in [1.82, 2.24) is 4.72 Å². The molecule has 1 fully saturated rings. The topological polar surface area (TPSA) is 92.4 Å². The van der Waals surface area contributed by atoms with E-state index in [-0.39, 0.29) is 12.3 Å². The molecule has 0 saturated heterocycles. The van der Waals surface area contributed by atoms with Crippen LogP contribution in [0.15, 0.2) is 29.2 Å². The van der Waals surface area contributed by atoms with Crippen molar-refractivity contribution in [3.63, 3.8) is 0 Å². The zero-order valence-electron chi connectivity index (χ0n) is 11.2. The molecule has 20 heavy (non-hydrogen) atoms. The summed E-state index contributed by atoms with van der Waals surface area (Å²) in [5.41, 5.74) is 5.51. The summed E-state index contributed by atoms with van der Waals surface area (Å²) in [6, 6.07) is 7.36. The number of hydrogen-bond acceptors (Lipinski definition) is 5. The number of thioether (sulfide) groups is 1. The molecule has 0 bridgehead atoms.